The van der Waals surface area contributed by atoms with Crippen molar-refractivity contribution in [1.82, 2.24) is 9.97 Å². The van der Waals surface area contributed by atoms with Crippen molar-refractivity contribution in [1.29, 1.82) is 0 Å². The maximum Gasteiger partial charge on any atom is 0.355 e. The van der Waals surface area contributed by atoms with Crippen LogP contribution in [-0.2, 0) is 6.42 Å². The van der Waals surface area contributed by atoms with E-state index in [9.17, 15) is 9.18 Å². The molecule has 5 heteroatoms. The van der Waals surface area contributed by atoms with Crippen LogP contribution in [0.2, 0.25) is 0 Å². The lowest BCUT2D eigenvalue weighted by Crippen LogP contribution is -2.08. The standard InChI is InChI=1S/C14H15FN2O2/c1-8(2)6-7-11-16-10-5-3-4-9(15)12(10)13(17-11)14(18)19/h3-5,8H,6-7H2,1-2H3,(H,18,19). The van der Waals surface area contributed by atoms with E-state index in [4.69, 9.17) is 5.11 Å². The Morgan fingerprint density at radius 3 is 2.74 bits per heavy atom. The van der Waals surface area contributed by atoms with Crippen molar-refractivity contribution in [2.75, 3.05) is 0 Å². The molecule has 0 saturated carbocycles. The third-order valence-corrected chi connectivity index (χ3v) is 2.87. The van der Waals surface area contributed by atoms with E-state index in [0.717, 1.165) is 6.42 Å². The van der Waals surface area contributed by atoms with Gasteiger partial charge >= 0.3 is 5.97 Å². The monoisotopic (exact) mass is 262 g/mol. The van der Waals surface area contributed by atoms with Crippen LogP contribution in [0, 0.1) is 11.7 Å². The molecule has 1 heterocycles. The predicted molar refractivity (Wildman–Crippen MR) is 69.6 cm³/mol. The highest BCUT2D eigenvalue weighted by molar-refractivity contribution is 6.00. The Kier molecular flexibility index (Phi) is 3.74. The zero-order valence-electron chi connectivity index (χ0n) is 10.9. The number of halogens is 1. The van der Waals surface area contributed by atoms with Crippen molar-refractivity contribution in [3.63, 3.8) is 0 Å². The van der Waals surface area contributed by atoms with Gasteiger partial charge in [0.1, 0.15) is 11.6 Å². The van der Waals surface area contributed by atoms with Gasteiger partial charge in [0.25, 0.3) is 0 Å². The SMILES string of the molecule is CC(C)CCc1nc(C(=O)O)c2c(F)cccc2n1. The second-order valence-electron chi connectivity index (χ2n) is 4.86. The summed E-state index contributed by atoms with van der Waals surface area (Å²) in [7, 11) is 0. The fraction of sp³-hybridized carbons (Fsp3) is 0.357. The van der Waals surface area contributed by atoms with E-state index in [1.807, 2.05) is 0 Å². The highest BCUT2D eigenvalue weighted by Gasteiger charge is 2.17. The Morgan fingerprint density at radius 1 is 1.37 bits per heavy atom. The summed E-state index contributed by atoms with van der Waals surface area (Å²) in [5.41, 5.74) is 0.0769. The van der Waals surface area contributed by atoms with E-state index < -0.39 is 11.8 Å². The molecule has 0 atom stereocenters. The van der Waals surface area contributed by atoms with Gasteiger partial charge in [0.15, 0.2) is 5.69 Å². The molecule has 0 aliphatic carbocycles. The molecule has 0 aliphatic rings. The number of carboxylic acid groups (broad SMARTS) is 1. The quantitative estimate of drug-likeness (QED) is 0.919. The van der Waals surface area contributed by atoms with Crippen LogP contribution in [0.1, 0.15) is 36.6 Å². The zero-order chi connectivity index (χ0) is 14.0. The number of rotatable bonds is 4. The molecule has 0 aliphatic heterocycles. The zero-order valence-corrected chi connectivity index (χ0v) is 10.9. The average molecular weight is 262 g/mol. The van der Waals surface area contributed by atoms with Crippen LogP contribution in [0.3, 0.4) is 0 Å². The molecule has 1 aromatic carbocycles. The van der Waals surface area contributed by atoms with E-state index in [1.165, 1.54) is 12.1 Å². The van der Waals surface area contributed by atoms with Crippen molar-refractivity contribution >= 4 is 16.9 Å². The highest BCUT2D eigenvalue weighted by Crippen LogP contribution is 2.20. The van der Waals surface area contributed by atoms with Gasteiger partial charge in [0.05, 0.1) is 10.9 Å². The van der Waals surface area contributed by atoms with Crippen LogP contribution in [0.15, 0.2) is 18.2 Å². The first kappa shape index (κ1) is 13.4. The number of aryl methyl sites for hydroxylation is 1. The Balaban J connectivity index is 2.55. The fourth-order valence-electron chi connectivity index (χ4n) is 1.87. The third kappa shape index (κ3) is 2.86. The second kappa shape index (κ2) is 5.30. The normalized spacial score (nSPS) is 11.2. The summed E-state index contributed by atoms with van der Waals surface area (Å²) in [5.74, 6) is -0.919. The van der Waals surface area contributed by atoms with Gasteiger partial charge in [-0.2, -0.15) is 0 Å². The Morgan fingerprint density at radius 2 is 2.11 bits per heavy atom. The number of aromatic carboxylic acids is 1. The lowest BCUT2D eigenvalue weighted by Gasteiger charge is -2.07. The van der Waals surface area contributed by atoms with Crippen molar-refractivity contribution in [3.05, 3.63) is 35.5 Å². The topological polar surface area (TPSA) is 63.1 Å². The Bertz CT molecular complexity index is 626. The molecular formula is C14H15FN2O2. The number of benzene rings is 1. The molecule has 19 heavy (non-hydrogen) atoms. The van der Waals surface area contributed by atoms with Gasteiger partial charge in [0.2, 0.25) is 0 Å². The number of hydrogen-bond donors (Lipinski definition) is 1. The maximum absolute atomic E-state index is 13.7. The van der Waals surface area contributed by atoms with E-state index >= 15 is 0 Å². The lowest BCUT2D eigenvalue weighted by atomic mass is 10.1. The van der Waals surface area contributed by atoms with Gasteiger partial charge in [0, 0.05) is 6.42 Å². The molecule has 0 unspecified atom stereocenters. The molecule has 2 rings (SSSR count). The summed E-state index contributed by atoms with van der Waals surface area (Å²) < 4.78 is 13.7. The molecule has 0 saturated heterocycles. The van der Waals surface area contributed by atoms with Crippen molar-refractivity contribution in [2.24, 2.45) is 5.92 Å². The van der Waals surface area contributed by atoms with E-state index in [0.29, 0.717) is 23.7 Å². The summed E-state index contributed by atoms with van der Waals surface area (Å²) in [6.45, 7) is 4.14. The number of nitrogens with zero attached hydrogens (tertiary/aromatic N) is 2. The smallest absolute Gasteiger partial charge is 0.355 e. The summed E-state index contributed by atoms with van der Waals surface area (Å²) in [6, 6.07) is 4.33. The summed E-state index contributed by atoms with van der Waals surface area (Å²) in [5, 5.41) is 9.13. The first-order valence-corrected chi connectivity index (χ1v) is 6.17. The number of carbonyl (C=O) groups is 1. The van der Waals surface area contributed by atoms with E-state index in [1.54, 1.807) is 6.07 Å². The lowest BCUT2D eigenvalue weighted by molar-refractivity contribution is 0.0692. The number of hydrogen-bond acceptors (Lipinski definition) is 3. The van der Waals surface area contributed by atoms with Gasteiger partial charge in [-0.15, -0.1) is 0 Å². The summed E-state index contributed by atoms with van der Waals surface area (Å²) >= 11 is 0. The number of fused-ring (bicyclic) bond motifs is 1. The predicted octanol–water partition coefficient (Wildman–Crippen LogP) is 3.06. The van der Waals surface area contributed by atoms with Crippen molar-refractivity contribution in [2.45, 2.75) is 26.7 Å². The van der Waals surface area contributed by atoms with Crippen LogP contribution >= 0.6 is 0 Å². The second-order valence-corrected chi connectivity index (χ2v) is 4.86. The van der Waals surface area contributed by atoms with Crippen LogP contribution in [0.5, 0.6) is 0 Å². The number of carboxylic acids is 1. The molecule has 0 spiro atoms. The van der Waals surface area contributed by atoms with Crippen LogP contribution in [-0.4, -0.2) is 21.0 Å². The van der Waals surface area contributed by atoms with Crippen LogP contribution < -0.4 is 0 Å². The largest absolute Gasteiger partial charge is 0.476 e. The third-order valence-electron chi connectivity index (χ3n) is 2.87. The Labute approximate surface area is 110 Å². The average Bonchev–Trinajstić information content (AvgIpc) is 2.35. The molecule has 0 radical (unpaired) electrons. The van der Waals surface area contributed by atoms with Crippen LogP contribution in [0.4, 0.5) is 4.39 Å². The molecule has 1 aromatic heterocycles. The van der Waals surface area contributed by atoms with Gasteiger partial charge < -0.3 is 5.11 Å². The maximum atomic E-state index is 13.7. The Hall–Kier alpha value is -2.04. The first-order chi connectivity index (χ1) is 8.99. The molecule has 0 bridgehead atoms. The highest BCUT2D eigenvalue weighted by atomic mass is 19.1. The fourth-order valence-corrected chi connectivity index (χ4v) is 1.87. The molecule has 0 fully saturated rings. The van der Waals surface area contributed by atoms with Gasteiger partial charge in [-0.25, -0.2) is 19.2 Å². The van der Waals surface area contributed by atoms with Gasteiger partial charge in [-0.1, -0.05) is 19.9 Å². The van der Waals surface area contributed by atoms with Gasteiger partial charge in [-0.05, 0) is 24.5 Å². The van der Waals surface area contributed by atoms with E-state index in [2.05, 4.69) is 23.8 Å². The van der Waals surface area contributed by atoms with E-state index in [-0.39, 0.29) is 11.1 Å². The molecule has 4 nitrogen and oxygen atoms in total. The minimum Gasteiger partial charge on any atom is -0.476 e. The summed E-state index contributed by atoms with van der Waals surface area (Å²) in [4.78, 5) is 19.4. The molecule has 100 valence electrons. The molecule has 2 aromatic rings. The first-order valence-electron chi connectivity index (χ1n) is 6.17. The van der Waals surface area contributed by atoms with Crippen molar-refractivity contribution < 1.29 is 14.3 Å². The molecule has 0 amide bonds. The van der Waals surface area contributed by atoms with Gasteiger partial charge in [-0.3, -0.25) is 0 Å². The molecule has 1 N–H and O–H groups in total. The minimum atomic E-state index is -1.23. The molecular weight excluding hydrogens is 247 g/mol. The summed E-state index contributed by atoms with van der Waals surface area (Å²) in [6.07, 6.45) is 1.45. The number of aromatic nitrogens is 2. The van der Waals surface area contributed by atoms with Crippen molar-refractivity contribution in [3.8, 4) is 0 Å². The minimum absolute atomic E-state index is 0.0247. The van der Waals surface area contributed by atoms with Crippen LogP contribution in [0.25, 0.3) is 10.9 Å².